The van der Waals surface area contributed by atoms with Crippen molar-refractivity contribution in [2.45, 2.75) is 6.92 Å². The maximum absolute atomic E-state index is 11.2. The van der Waals surface area contributed by atoms with Crippen molar-refractivity contribution >= 4 is 34.9 Å². The maximum Gasteiger partial charge on any atom is 0.343 e. The van der Waals surface area contributed by atoms with E-state index >= 15 is 0 Å². The molecule has 0 aliphatic rings. The molecule has 0 saturated carbocycles. The second kappa shape index (κ2) is 5.80. The summed E-state index contributed by atoms with van der Waals surface area (Å²) in [6.45, 7) is 2.14. The highest BCUT2D eigenvalue weighted by molar-refractivity contribution is 6.35. The molecule has 82 valence electrons. The molecule has 0 saturated heterocycles. The lowest BCUT2D eigenvalue weighted by atomic mass is 10.3. The highest BCUT2D eigenvalue weighted by Gasteiger charge is 2.05. The minimum Gasteiger partial charge on any atom is -0.305 e. The second-order valence-electron chi connectivity index (χ2n) is 2.61. The van der Waals surface area contributed by atoms with Crippen LogP contribution in [0.5, 0.6) is 0 Å². The van der Waals surface area contributed by atoms with Crippen LogP contribution in [0.25, 0.3) is 0 Å². The van der Waals surface area contributed by atoms with E-state index in [0.29, 0.717) is 22.3 Å². The quantitative estimate of drug-likeness (QED) is 0.809. The lowest BCUT2D eigenvalue weighted by Crippen LogP contribution is -2.28. The highest BCUT2D eigenvalue weighted by Crippen LogP contribution is 2.25. The molecule has 1 aromatic rings. The van der Waals surface area contributed by atoms with Crippen LogP contribution in [-0.4, -0.2) is 12.6 Å². The average Bonchev–Trinajstić information content (AvgIpc) is 2.20. The Bertz CT molecular complexity index is 358. The molecular weight excluding hydrogens is 239 g/mol. The molecule has 6 heteroatoms. The number of benzene rings is 1. The fourth-order valence-corrected chi connectivity index (χ4v) is 1.22. The molecule has 2 amide bonds. The predicted molar refractivity (Wildman–Crippen MR) is 60.2 cm³/mol. The van der Waals surface area contributed by atoms with Gasteiger partial charge in [0, 0.05) is 5.02 Å². The van der Waals surface area contributed by atoms with Crippen molar-refractivity contribution < 1.29 is 9.63 Å². The fourth-order valence-electron chi connectivity index (χ4n) is 0.879. The third-order valence-corrected chi connectivity index (χ3v) is 2.05. The van der Waals surface area contributed by atoms with Crippen molar-refractivity contribution in [3.8, 4) is 0 Å². The van der Waals surface area contributed by atoms with Crippen molar-refractivity contribution in [2.24, 2.45) is 0 Å². The van der Waals surface area contributed by atoms with Crippen LogP contribution >= 0.6 is 23.2 Å². The Morgan fingerprint density at radius 2 is 2.20 bits per heavy atom. The number of hydrogen-bond acceptors (Lipinski definition) is 2. The Kier molecular flexibility index (Phi) is 4.68. The first-order chi connectivity index (χ1) is 7.13. The lowest BCUT2D eigenvalue weighted by Gasteiger charge is -2.08. The van der Waals surface area contributed by atoms with Crippen LogP contribution in [0.15, 0.2) is 18.2 Å². The molecule has 0 radical (unpaired) electrons. The van der Waals surface area contributed by atoms with Crippen LogP contribution in [0.4, 0.5) is 10.5 Å². The molecule has 15 heavy (non-hydrogen) atoms. The number of hydroxylamine groups is 1. The molecule has 0 atom stereocenters. The van der Waals surface area contributed by atoms with Crippen molar-refractivity contribution in [1.82, 2.24) is 5.48 Å². The summed E-state index contributed by atoms with van der Waals surface area (Å²) in [7, 11) is 0. The van der Waals surface area contributed by atoms with E-state index in [1.165, 1.54) is 0 Å². The Morgan fingerprint density at radius 3 is 2.87 bits per heavy atom. The molecule has 1 rings (SSSR count). The highest BCUT2D eigenvalue weighted by atomic mass is 35.5. The monoisotopic (exact) mass is 248 g/mol. The molecule has 0 fully saturated rings. The van der Waals surface area contributed by atoms with E-state index in [1.807, 2.05) is 0 Å². The molecule has 1 aromatic carbocycles. The summed E-state index contributed by atoms with van der Waals surface area (Å²) >= 11 is 11.6. The van der Waals surface area contributed by atoms with Gasteiger partial charge in [0.25, 0.3) is 0 Å². The van der Waals surface area contributed by atoms with Gasteiger partial charge < -0.3 is 5.32 Å². The van der Waals surface area contributed by atoms with Crippen LogP contribution in [-0.2, 0) is 4.84 Å². The molecule has 0 aliphatic heterocycles. The topological polar surface area (TPSA) is 50.4 Å². The number of carbonyl (C=O) groups is 1. The number of hydrogen-bond donors (Lipinski definition) is 2. The number of carbonyl (C=O) groups excluding carboxylic acids is 1. The van der Waals surface area contributed by atoms with Gasteiger partial charge in [0.15, 0.2) is 0 Å². The van der Waals surface area contributed by atoms with Gasteiger partial charge in [-0.3, -0.25) is 4.84 Å². The summed E-state index contributed by atoms with van der Waals surface area (Å²) in [5, 5.41) is 3.39. The summed E-state index contributed by atoms with van der Waals surface area (Å²) in [5.41, 5.74) is 2.61. The Labute approximate surface area is 97.5 Å². The predicted octanol–water partition coefficient (Wildman–Crippen LogP) is 3.07. The lowest BCUT2D eigenvalue weighted by molar-refractivity contribution is 0.0758. The third-order valence-electron chi connectivity index (χ3n) is 1.49. The smallest absolute Gasteiger partial charge is 0.305 e. The number of halogens is 2. The van der Waals surface area contributed by atoms with E-state index in [9.17, 15) is 4.79 Å². The van der Waals surface area contributed by atoms with Gasteiger partial charge in [-0.2, -0.15) is 0 Å². The van der Waals surface area contributed by atoms with Crippen molar-refractivity contribution in [1.29, 1.82) is 0 Å². The minimum atomic E-state index is -0.499. The zero-order valence-electron chi connectivity index (χ0n) is 8.01. The van der Waals surface area contributed by atoms with Gasteiger partial charge in [-0.15, -0.1) is 0 Å². The minimum absolute atomic E-state index is 0.386. The molecule has 4 nitrogen and oxygen atoms in total. The molecule has 0 aromatic heterocycles. The Balaban J connectivity index is 2.63. The Morgan fingerprint density at radius 1 is 1.47 bits per heavy atom. The number of urea groups is 1. The fraction of sp³-hybridized carbons (Fsp3) is 0.222. The molecule has 0 aliphatic carbocycles. The number of rotatable bonds is 3. The molecular formula is C9H10Cl2N2O2. The van der Waals surface area contributed by atoms with Gasteiger partial charge in [0.05, 0.1) is 17.3 Å². The van der Waals surface area contributed by atoms with Crippen LogP contribution in [0, 0.1) is 0 Å². The largest absolute Gasteiger partial charge is 0.343 e. The van der Waals surface area contributed by atoms with Crippen molar-refractivity contribution in [3.63, 3.8) is 0 Å². The van der Waals surface area contributed by atoms with E-state index in [4.69, 9.17) is 28.0 Å². The van der Waals surface area contributed by atoms with Gasteiger partial charge >= 0.3 is 6.03 Å². The van der Waals surface area contributed by atoms with Crippen LogP contribution in [0.3, 0.4) is 0 Å². The van der Waals surface area contributed by atoms with Gasteiger partial charge in [-0.1, -0.05) is 23.2 Å². The first kappa shape index (κ1) is 12.1. The number of amides is 2. The van der Waals surface area contributed by atoms with Crippen LogP contribution < -0.4 is 10.8 Å². The summed E-state index contributed by atoms with van der Waals surface area (Å²) in [4.78, 5) is 15.9. The zero-order valence-corrected chi connectivity index (χ0v) is 9.52. The average molecular weight is 249 g/mol. The van der Waals surface area contributed by atoms with E-state index in [1.54, 1.807) is 25.1 Å². The zero-order chi connectivity index (χ0) is 11.3. The van der Waals surface area contributed by atoms with Gasteiger partial charge in [-0.05, 0) is 25.1 Å². The van der Waals surface area contributed by atoms with Gasteiger partial charge in [0.1, 0.15) is 0 Å². The van der Waals surface area contributed by atoms with E-state index < -0.39 is 6.03 Å². The van der Waals surface area contributed by atoms with Crippen LogP contribution in [0.2, 0.25) is 10.0 Å². The maximum atomic E-state index is 11.2. The first-order valence-electron chi connectivity index (χ1n) is 4.27. The second-order valence-corrected chi connectivity index (χ2v) is 3.46. The molecule has 0 bridgehead atoms. The molecule has 0 unspecified atom stereocenters. The molecule has 0 spiro atoms. The summed E-state index contributed by atoms with van der Waals surface area (Å²) in [6, 6.07) is 4.28. The SMILES string of the molecule is CCONC(=O)Nc1cc(Cl)ccc1Cl. The van der Waals surface area contributed by atoms with Crippen molar-refractivity contribution in [3.05, 3.63) is 28.2 Å². The van der Waals surface area contributed by atoms with E-state index in [0.717, 1.165) is 0 Å². The molecule has 2 N–H and O–H groups in total. The van der Waals surface area contributed by atoms with E-state index in [2.05, 4.69) is 10.8 Å². The third kappa shape index (κ3) is 3.95. The summed E-state index contributed by atoms with van der Waals surface area (Å²) in [5.74, 6) is 0. The number of nitrogens with one attached hydrogen (secondary N) is 2. The normalized spacial score (nSPS) is 9.80. The number of anilines is 1. The molecule has 0 heterocycles. The summed E-state index contributed by atoms with van der Waals surface area (Å²) in [6.07, 6.45) is 0. The van der Waals surface area contributed by atoms with Crippen LogP contribution in [0.1, 0.15) is 6.92 Å². The van der Waals surface area contributed by atoms with Gasteiger partial charge in [-0.25, -0.2) is 10.3 Å². The Hall–Kier alpha value is -0.970. The van der Waals surface area contributed by atoms with Gasteiger partial charge in [0.2, 0.25) is 0 Å². The van der Waals surface area contributed by atoms with E-state index in [-0.39, 0.29) is 0 Å². The van der Waals surface area contributed by atoms with Crippen molar-refractivity contribution in [2.75, 3.05) is 11.9 Å². The first-order valence-corrected chi connectivity index (χ1v) is 5.03. The summed E-state index contributed by atoms with van der Waals surface area (Å²) < 4.78 is 0. The standard InChI is InChI=1S/C9H10Cl2N2O2/c1-2-15-13-9(14)12-8-5-6(10)3-4-7(8)11/h3-5H,2H2,1H3,(H2,12,13,14).